The van der Waals surface area contributed by atoms with Crippen molar-refractivity contribution in [3.05, 3.63) is 65.9 Å². The van der Waals surface area contributed by atoms with Crippen molar-refractivity contribution in [1.29, 1.82) is 0 Å². The zero-order chi connectivity index (χ0) is 12.4. The van der Waals surface area contributed by atoms with Gasteiger partial charge in [-0.2, -0.15) is 0 Å². The molecule has 1 heterocycles. The molecule has 2 aromatic carbocycles. The van der Waals surface area contributed by atoms with Crippen LogP contribution in [0.1, 0.15) is 0 Å². The zero-order valence-electron chi connectivity index (χ0n) is 9.44. The van der Waals surface area contributed by atoms with E-state index in [9.17, 15) is 0 Å². The first-order valence-electron chi connectivity index (χ1n) is 5.50. The van der Waals surface area contributed by atoms with Crippen LogP contribution in [0.25, 0.3) is 11.4 Å². The van der Waals surface area contributed by atoms with Crippen LogP contribution in [0.5, 0.6) is 0 Å². The smallest absolute Gasteiger partial charge is 0.0873 e. The van der Waals surface area contributed by atoms with E-state index in [0.717, 1.165) is 11.4 Å². The number of rotatable bonds is 2. The van der Waals surface area contributed by atoms with Crippen LogP contribution >= 0.6 is 11.6 Å². The van der Waals surface area contributed by atoms with Gasteiger partial charge in [0.2, 0.25) is 0 Å². The van der Waals surface area contributed by atoms with Gasteiger partial charge in [-0.15, -0.1) is 0 Å². The van der Waals surface area contributed by atoms with Gasteiger partial charge in [-0.25, -0.2) is 0 Å². The van der Waals surface area contributed by atoms with E-state index in [0.29, 0.717) is 5.28 Å². The minimum Gasteiger partial charge on any atom is -0.0873 e. The zero-order valence-corrected chi connectivity index (χ0v) is 10.2. The first kappa shape index (κ1) is 10.9. The minimum atomic E-state index is 0.324. The molecule has 4 nitrogen and oxygen atoms in total. The van der Waals surface area contributed by atoms with Gasteiger partial charge < -0.3 is 0 Å². The molecule has 0 bridgehead atoms. The van der Waals surface area contributed by atoms with Crippen molar-refractivity contribution in [2.24, 2.45) is 0 Å². The lowest BCUT2D eigenvalue weighted by molar-refractivity contribution is -0.659. The summed E-state index contributed by atoms with van der Waals surface area (Å²) in [6, 6.07) is 19.3. The second kappa shape index (κ2) is 4.58. The number of benzene rings is 2. The van der Waals surface area contributed by atoms with Crippen LogP contribution in [0, 0.1) is 0 Å². The van der Waals surface area contributed by atoms with Gasteiger partial charge in [0.15, 0.2) is 5.69 Å². The summed E-state index contributed by atoms with van der Waals surface area (Å²) in [6.45, 7) is 0. The lowest BCUT2D eigenvalue weighted by Crippen LogP contribution is -2.34. The molecular formula is C13H10ClN4+. The van der Waals surface area contributed by atoms with Gasteiger partial charge in [0.1, 0.15) is 5.69 Å². The average molecular weight is 258 g/mol. The summed E-state index contributed by atoms with van der Waals surface area (Å²) in [5.41, 5.74) is 1.75. The number of nitrogens with zero attached hydrogens (tertiary/aromatic N) is 4. The quantitative estimate of drug-likeness (QED) is 0.660. The maximum Gasteiger partial charge on any atom is 0.398 e. The molecule has 0 aliphatic rings. The van der Waals surface area contributed by atoms with Crippen LogP contribution in [0.3, 0.4) is 0 Å². The van der Waals surface area contributed by atoms with E-state index in [1.807, 2.05) is 60.7 Å². The highest BCUT2D eigenvalue weighted by Crippen LogP contribution is 2.06. The van der Waals surface area contributed by atoms with Gasteiger partial charge in [0.05, 0.1) is 10.3 Å². The topological polar surface area (TPSA) is 34.6 Å². The predicted octanol–water partition coefficient (Wildman–Crippen LogP) is 2.20. The third-order valence-electron chi connectivity index (χ3n) is 2.51. The van der Waals surface area contributed by atoms with Gasteiger partial charge in [0, 0.05) is 4.80 Å². The maximum atomic E-state index is 6.10. The lowest BCUT2D eigenvalue weighted by atomic mass is 10.3. The van der Waals surface area contributed by atoms with Gasteiger partial charge in [-0.3, -0.25) is 0 Å². The van der Waals surface area contributed by atoms with E-state index in [-0.39, 0.29) is 0 Å². The summed E-state index contributed by atoms with van der Waals surface area (Å²) in [5, 5.41) is 8.86. The number of tetrazole rings is 1. The second-order valence-electron chi connectivity index (χ2n) is 3.73. The first-order valence-corrected chi connectivity index (χ1v) is 5.88. The normalized spacial score (nSPS) is 10.5. The fraction of sp³-hybridized carbons (Fsp3) is 0. The molecule has 0 fully saturated rings. The van der Waals surface area contributed by atoms with Crippen LogP contribution in [0.4, 0.5) is 0 Å². The largest absolute Gasteiger partial charge is 0.398 e. The van der Waals surface area contributed by atoms with Crippen molar-refractivity contribution in [3.63, 3.8) is 0 Å². The minimum absolute atomic E-state index is 0.324. The molecular weight excluding hydrogens is 248 g/mol. The SMILES string of the molecule is Clc1nn(-c2ccccc2)n[n+]1-c1ccccc1. The predicted molar refractivity (Wildman–Crippen MR) is 67.9 cm³/mol. The Labute approximate surface area is 109 Å². The summed E-state index contributed by atoms with van der Waals surface area (Å²) in [5.74, 6) is 0. The second-order valence-corrected chi connectivity index (χ2v) is 4.07. The molecule has 0 atom stereocenters. The monoisotopic (exact) mass is 257 g/mol. The molecule has 0 saturated carbocycles. The molecule has 0 radical (unpaired) electrons. The Morgan fingerprint density at radius 2 is 1.50 bits per heavy atom. The summed E-state index contributed by atoms with van der Waals surface area (Å²) >= 11 is 6.10. The molecule has 18 heavy (non-hydrogen) atoms. The number of aromatic nitrogens is 4. The molecule has 0 unspecified atom stereocenters. The number of hydrogen-bond acceptors (Lipinski definition) is 2. The molecule has 0 aliphatic heterocycles. The van der Waals surface area contributed by atoms with Crippen molar-refractivity contribution >= 4 is 11.6 Å². The summed E-state index contributed by atoms with van der Waals surface area (Å²) in [4.78, 5) is 1.51. The molecule has 0 saturated heterocycles. The molecule has 3 rings (SSSR count). The molecule has 3 aromatic rings. The third kappa shape index (κ3) is 1.98. The molecule has 0 spiro atoms. The Kier molecular flexibility index (Phi) is 2.78. The third-order valence-corrected chi connectivity index (χ3v) is 2.75. The first-order chi connectivity index (χ1) is 8.84. The Morgan fingerprint density at radius 1 is 0.889 bits per heavy atom. The van der Waals surface area contributed by atoms with Crippen molar-refractivity contribution < 1.29 is 4.68 Å². The van der Waals surface area contributed by atoms with Crippen LogP contribution in [0.15, 0.2) is 60.7 Å². The van der Waals surface area contributed by atoms with Crippen LogP contribution in [0.2, 0.25) is 5.28 Å². The van der Waals surface area contributed by atoms with Crippen molar-refractivity contribution in [2.45, 2.75) is 0 Å². The Morgan fingerprint density at radius 3 is 2.17 bits per heavy atom. The van der Waals surface area contributed by atoms with Gasteiger partial charge in [-0.05, 0) is 35.9 Å². The van der Waals surface area contributed by atoms with E-state index in [2.05, 4.69) is 10.3 Å². The molecule has 0 amide bonds. The van der Waals surface area contributed by atoms with Crippen LogP contribution in [-0.2, 0) is 0 Å². The van der Waals surface area contributed by atoms with Crippen molar-refractivity contribution in [1.82, 2.24) is 15.1 Å². The highest BCUT2D eigenvalue weighted by atomic mass is 35.5. The van der Waals surface area contributed by atoms with Crippen LogP contribution in [-0.4, -0.2) is 15.1 Å². The van der Waals surface area contributed by atoms with Gasteiger partial charge in [0.25, 0.3) is 0 Å². The molecule has 0 N–H and O–H groups in total. The number of para-hydroxylation sites is 2. The average Bonchev–Trinajstić information content (AvgIpc) is 2.83. The Hall–Kier alpha value is -2.20. The molecule has 5 heteroatoms. The lowest BCUT2D eigenvalue weighted by Gasteiger charge is -1.92. The summed E-state index contributed by atoms with van der Waals surface area (Å²) in [6.07, 6.45) is 0. The fourth-order valence-corrected chi connectivity index (χ4v) is 1.86. The molecule has 1 aromatic heterocycles. The highest BCUT2D eigenvalue weighted by molar-refractivity contribution is 6.27. The van der Waals surface area contributed by atoms with Crippen molar-refractivity contribution in [2.75, 3.05) is 0 Å². The van der Waals surface area contributed by atoms with Gasteiger partial charge in [-0.1, -0.05) is 41.1 Å². The summed E-state index contributed by atoms with van der Waals surface area (Å²) < 4.78 is 1.59. The van der Waals surface area contributed by atoms with E-state index in [4.69, 9.17) is 11.6 Å². The van der Waals surface area contributed by atoms with Crippen molar-refractivity contribution in [3.8, 4) is 11.4 Å². The van der Waals surface area contributed by atoms with E-state index >= 15 is 0 Å². The summed E-state index contributed by atoms with van der Waals surface area (Å²) in [7, 11) is 0. The Balaban J connectivity index is 2.07. The molecule has 88 valence electrons. The maximum absolute atomic E-state index is 6.10. The number of hydrogen-bond donors (Lipinski definition) is 0. The molecule has 0 aliphatic carbocycles. The van der Waals surface area contributed by atoms with Crippen LogP contribution < -0.4 is 4.68 Å². The van der Waals surface area contributed by atoms with E-state index in [1.165, 1.54) is 4.80 Å². The van der Waals surface area contributed by atoms with Gasteiger partial charge >= 0.3 is 5.28 Å². The van der Waals surface area contributed by atoms with E-state index < -0.39 is 0 Å². The Bertz CT molecular complexity index is 649. The highest BCUT2D eigenvalue weighted by Gasteiger charge is 2.19. The fourth-order valence-electron chi connectivity index (χ4n) is 1.66. The number of halogens is 1. The standard InChI is InChI=1S/C13H10ClN4/c14-13-15-18(12-9-5-2-6-10-12)16-17(13)11-7-3-1-4-8-11/h1-10H/q+1. The van der Waals surface area contributed by atoms with E-state index in [1.54, 1.807) is 4.68 Å².